The van der Waals surface area contributed by atoms with Crippen LogP contribution in [0, 0.1) is 0 Å². The summed E-state index contributed by atoms with van der Waals surface area (Å²) in [4.78, 5) is 0. The van der Waals surface area contributed by atoms with Crippen LogP contribution in [0.2, 0.25) is 0 Å². The van der Waals surface area contributed by atoms with Gasteiger partial charge in [-0.3, -0.25) is 0 Å². The van der Waals surface area contributed by atoms with Crippen molar-refractivity contribution in [2.24, 2.45) is 0 Å². The molecule has 0 bridgehead atoms. The summed E-state index contributed by atoms with van der Waals surface area (Å²) in [5.41, 5.74) is 2.55. The molecule has 0 aliphatic heterocycles. The second kappa shape index (κ2) is 7.07. The first-order valence-electron chi connectivity index (χ1n) is 7.26. The van der Waals surface area contributed by atoms with E-state index in [4.69, 9.17) is 14.0 Å². The lowest BCUT2D eigenvalue weighted by Crippen LogP contribution is -1.96. The van der Waals surface area contributed by atoms with Crippen molar-refractivity contribution < 1.29 is 19.1 Å². The van der Waals surface area contributed by atoms with E-state index in [0.29, 0.717) is 34.1 Å². The Balaban J connectivity index is 2.21. The van der Waals surface area contributed by atoms with Crippen molar-refractivity contribution in [3.05, 3.63) is 52.5 Å². The number of aliphatic hydroxyl groups is 1. The summed E-state index contributed by atoms with van der Waals surface area (Å²) in [5.74, 6) is 1.71. The highest BCUT2D eigenvalue weighted by Gasteiger charge is 2.24. The van der Waals surface area contributed by atoms with Crippen LogP contribution in [0.4, 0.5) is 0 Å². The Hall–Kier alpha value is -2.31. The summed E-state index contributed by atoms with van der Waals surface area (Å²) >= 11 is 3.44. The second-order valence-electron chi connectivity index (χ2n) is 5.04. The molecule has 6 heteroatoms. The number of aliphatic hydroxyl groups excluding tert-OH is 1. The zero-order chi connectivity index (χ0) is 17.1. The molecule has 0 amide bonds. The third kappa shape index (κ3) is 2.90. The molecule has 0 fully saturated rings. The molecule has 3 rings (SSSR count). The maximum Gasteiger partial charge on any atom is 0.173 e. The molecule has 3 aromatic rings. The number of hydrogen-bond acceptors (Lipinski definition) is 5. The Morgan fingerprint density at radius 3 is 2.33 bits per heavy atom. The van der Waals surface area contributed by atoms with Crippen molar-refractivity contribution in [1.82, 2.24) is 5.16 Å². The number of benzene rings is 2. The van der Waals surface area contributed by atoms with Crippen LogP contribution < -0.4 is 9.47 Å². The SMILES string of the molecule is COc1cccc(OC)c1-c1noc(-c2cccc(Br)c2)c1CO. The lowest BCUT2D eigenvalue weighted by atomic mass is 10.0. The number of nitrogens with zero attached hydrogens (tertiary/aromatic N) is 1. The Morgan fingerprint density at radius 1 is 1.08 bits per heavy atom. The van der Waals surface area contributed by atoms with E-state index in [1.165, 1.54) is 0 Å². The van der Waals surface area contributed by atoms with Gasteiger partial charge in [-0.05, 0) is 24.3 Å². The van der Waals surface area contributed by atoms with Crippen LogP contribution >= 0.6 is 15.9 Å². The van der Waals surface area contributed by atoms with Crippen LogP contribution in [-0.2, 0) is 6.61 Å². The molecule has 2 aromatic carbocycles. The number of halogens is 1. The van der Waals surface area contributed by atoms with Crippen molar-refractivity contribution >= 4 is 15.9 Å². The summed E-state index contributed by atoms with van der Waals surface area (Å²) in [6, 6.07) is 13.1. The van der Waals surface area contributed by atoms with E-state index >= 15 is 0 Å². The van der Waals surface area contributed by atoms with Gasteiger partial charge < -0.3 is 19.1 Å². The molecular weight excluding hydrogens is 374 g/mol. The van der Waals surface area contributed by atoms with Gasteiger partial charge in [0, 0.05) is 10.0 Å². The Labute approximate surface area is 147 Å². The molecule has 0 aliphatic rings. The van der Waals surface area contributed by atoms with E-state index in [1.54, 1.807) is 14.2 Å². The molecule has 0 aliphatic carbocycles. The molecule has 1 aromatic heterocycles. The highest BCUT2D eigenvalue weighted by Crippen LogP contribution is 2.42. The Morgan fingerprint density at radius 2 is 1.75 bits per heavy atom. The molecule has 0 atom stereocenters. The predicted molar refractivity (Wildman–Crippen MR) is 94.1 cm³/mol. The molecule has 1 heterocycles. The second-order valence-corrected chi connectivity index (χ2v) is 5.96. The molecule has 124 valence electrons. The van der Waals surface area contributed by atoms with Gasteiger partial charge in [0.2, 0.25) is 0 Å². The maximum atomic E-state index is 9.91. The highest BCUT2D eigenvalue weighted by atomic mass is 79.9. The monoisotopic (exact) mass is 389 g/mol. The van der Waals surface area contributed by atoms with Crippen molar-refractivity contribution in [2.45, 2.75) is 6.61 Å². The van der Waals surface area contributed by atoms with E-state index in [9.17, 15) is 5.11 Å². The molecule has 1 N–H and O–H groups in total. The van der Waals surface area contributed by atoms with E-state index in [0.717, 1.165) is 10.0 Å². The molecule has 0 unspecified atom stereocenters. The van der Waals surface area contributed by atoms with Crippen molar-refractivity contribution in [3.8, 4) is 34.1 Å². The van der Waals surface area contributed by atoms with Crippen LogP contribution in [0.25, 0.3) is 22.6 Å². The van der Waals surface area contributed by atoms with Crippen molar-refractivity contribution in [2.75, 3.05) is 14.2 Å². The van der Waals surface area contributed by atoms with E-state index in [2.05, 4.69) is 21.1 Å². The summed E-state index contributed by atoms with van der Waals surface area (Å²) in [5, 5.41) is 14.1. The molecule has 0 radical (unpaired) electrons. The van der Waals surface area contributed by atoms with Crippen LogP contribution in [-0.4, -0.2) is 24.5 Å². The maximum absolute atomic E-state index is 9.91. The molecule has 0 spiro atoms. The summed E-state index contributed by atoms with van der Waals surface area (Å²) in [6.45, 7) is -0.220. The third-order valence-corrected chi connectivity index (χ3v) is 4.19. The van der Waals surface area contributed by atoms with Gasteiger partial charge in [0.1, 0.15) is 17.2 Å². The van der Waals surface area contributed by atoms with Crippen molar-refractivity contribution in [3.63, 3.8) is 0 Å². The first kappa shape index (κ1) is 16.5. The zero-order valence-corrected chi connectivity index (χ0v) is 14.8. The molecule has 5 nitrogen and oxygen atoms in total. The first-order chi connectivity index (χ1) is 11.7. The van der Waals surface area contributed by atoms with Gasteiger partial charge in [0.15, 0.2) is 5.76 Å². The first-order valence-corrected chi connectivity index (χ1v) is 8.05. The number of aromatic nitrogens is 1. The number of hydrogen-bond donors (Lipinski definition) is 1. The quantitative estimate of drug-likeness (QED) is 0.705. The number of rotatable bonds is 5. The Bertz CT molecular complexity index is 838. The zero-order valence-electron chi connectivity index (χ0n) is 13.2. The largest absolute Gasteiger partial charge is 0.496 e. The van der Waals surface area contributed by atoms with Crippen LogP contribution in [0.15, 0.2) is 51.5 Å². The Kier molecular flexibility index (Phi) is 4.87. The van der Waals surface area contributed by atoms with Crippen LogP contribution in [0.1, 0.15) is 5.56 Å². The third-order valence-electron chi connectivity index (χ3n) is 3.70. The van der Waals surface area contributed by atoms with E-state index < -0.39 is 0 Å². The normalized spacial score (nSPS) is 10.7. The van der Waals surface area contributed by atoms with Gasteiger partial charge >= 0.3 is 0 Å². The summed E-state index contributed by atoms with van der Waals surface area (Å²) in [6.07, 6.45) is 0. The fraction of sp³-hybridized carbons (Fsp3) is 0.167. The molecule has 0 saturated carbocycles. The smallest absolute Gasteiger partial charge is 0.173 e. The highest BCUT2D eigenvalue weighted by molar-refractivity contribution is 9.10. The van der Waals surface area contributed by atoms with Gasteiger partial charge in [-0.25, -0.2) is 0 Å². The number of methoxy groups -OCH3 is 2. The van der Waals surface area contributed by atoms with Gasteiger partial charge in [0.25, 0.3) is 0 Å². The van der Waals surface area contributed by atoms with Gasteiger partial charge in [-0.1, -0.05) is 39.3 Å². The van der Waals surface area contributed by atoms with Crippen LogP contribution in [0.5, 0.6) is 11.5 Å². The van der Waals surface area contributed by atoms with Gasteiger partial charge in [-0.15, -0.1) is 0 Å². The predicted octanol–water partition coefficient (Wildman–Crippen LogP) is 4.28. The number of ether oxygens (including phenoxy) is 2. The summed E-state index contributed by atoms with van der Waals surface area (Å²) in [7, 11) is 3.15. The average Bonchev–Trinajstić information content (AvgIpc) is 3.04. The average molecular weight is 390 g/mol. The minimum absolute atomic E-state index is 0.220. The fourth-order valence-electron chi connectivity index (χ4n) is 2.59. The minimum atomic E-state index is -0.220. The molecular formula is C18H16BrNO4. The van der Waals surface area contributed by atoms with Crippen molar-refractivity contribution in [1.29, 1.82) is 0 Å². The molecule has 24 heavy (non-hydrogen) atoms. The molecule has 0 saturated heterocycles. The topological polar surface area (TPSA) is 64.7 Å². The summed E-state index contributed by atoms with van der Waals surface area (Å²) < 4.78 is 17.3. The van der Waals surface area contributed by atoms with E-state index in [-0.39, 0.29) is 6.61 Å². The lowest BCUT2D eigenvalue weighted by molar-refractivity contribution is 0.281. The van der Waals surface area contributed by atoms with Gasteiger partial charge in [-0.2, -0.15) is 0 Å². The van der Waals surface area contributed by atoms with Gasteiger partial charge in [0.05, 0.1) is 32.0 Å². The van der Waals surface area contributed by atoms with Crippen LogP contribution in [0.3, 0.4) is 0 Å². The van der Waals surface area contributed by atoms with E-state index in [1.807, 2.05) is 42.5 Å². The lowest BCUT2D eigenvalue weighted by Gasteiger charge is -2.11. The standard InChI is InChI=1S/C18H16BrNO4/c1-22-14-7-4-8-15(23-2)16(14)17-13(10-21)18(24-20-17)11-5-3-6-12(19)9-11/h3-9,21H,10H2,1-2H3. The minimum Gasteiger partial charge on any atom is -0.496 e. The fourth-order valence-corrected chi connectivity index (χ4v) is 2.99.